The average Bonchev–Trinajstić information content (AvgIpc) is 2.58. The van der Waals surface area contributed by atoms with Gasteiger partial charge in [-0.2, -0.15) is 0 Å². The Kier molecular flexibility index (Phi) is 5.25. The van der Waals surface area contributed by atoms with E-state index in [0.717, 1.165) is 6.07 Å². The maximum absolute atomic E-state index is 14.8. The second kappa shape index (κ2) is 7.49. The molecule has 1 aliphatic rings. The zero-order valence-corrected chi connectivity index (χ0v) is 14.7. The summed E-state index contributed by atoms with van der Waals surface area (Å²) in [5.41, 5.74) is 5.43. The summed E-state index contributed by atoms with van der Waals surface area (Å²) in [6, 6.07) is 5.48. The van der Waals surface area contributed by atoms with Crippen LogP contribution in [0.3, 0.4) is 0 Å². The fourth-order valence-electron chi connectivity index (χ4n) is 2.80. The second-order valence-corrected chi connectivity index (χ2v) is 6.51. The normalized spacial score (nSPS) is 15.1. The molecule has 5 N–H and O–H groups in total. The van der Waals surface area contributed by atoms with Crippen LogP contribution in [-0.2, 0) is 16.1 Å². The van der Waals surface area contributed by atoms with Crippen LogP contribution in [0.4, 0.5) is 14.6 Å². The number of carbonyl (C=O) groups is 1. The molecule has 8 nitrogen and oxygen atoms in total. The van der Waals surface area contributed by atoms with Gasteiger partial charge in [-0.1, -0.05) is 18.2 Å². The van der Waals surface area contributed by atoms with Crippen molar-refractivity contribution in [3.8, 4) is 11.1 Å². The standard InChI is InChI=1S/C18H18F2N4O4/c19-13-4-11(6-23-17(13)24-8-18(26,27)9-24)12-3-1-2-10(16(12)20)7-28-15(25)5-14(21)22/h1-4,6,26-27H,5,7-9H2,(H3,21,22). The molecule has 3 rings (SSSR count). The Hall–Kier alpha value is -3.11. The summed E-state index contributed by atoms with van der Waals surface area (Å²) >= 11 is 0. The van der Waals surface area contributed by atoms with Gasteiger partial charge >= 0.3 is 5.97 Å². The van der Waals surface area contributed by atoms with Crippen molar-refractivity contribution in [3.05, 3.63) is 47.7 Å². The number of pyridine rings is 1. The van der Waals surface area contributed by atoms with Gasteiger partial charge in [0, 0.05) is 22.9 Å². The largest absolute Gasteiger partial charge is 0.460 e. The van der Waals surface area contributed by atoms with E-state index in [9.17, 15) is 23.8 Å². The number of β-amino-alcohol motifs (C(OH)–C–C–N with tert-alkyl or cyclic N) is 2. The third-order valence-corrected chi connectivity index (χ3v) is 4.12. The van der Waals surface area contributed by atoms with E-state index in [1.807, 2.05) is 0 Å². The van der Waals surface area contributed by atoms with Gasteiger partial charge in [-0.15, -0.1) is 0 Å². The first-order valence-corrected chi connectivity index (χ1v) is 8.28. The minimum absolute atomic E-state index is 0.0581. The van der Waals surface area contributed by atoms with Gasteiger partial charge in [-0.3, -0.25) is 10.2 Å². The molecule has 148 valence electrons. The molecule has 0 bridgehead atoms. The van der Waals surface area contributed by atoms with E-state index in [1.165, 1.54) is 29.3 Å². The molecule has 0 spiro atoms. The lowest BCUT2D eigenvalue weighted by atomic mass is 10.0. The number of rotatable bonds is 6. The minimum atomic E-state index is -1.87. The fraction of sp³-hybridized carbons (Fsp3) is 0.278. The van der Waals surface area contributed by atoms with Crippen LogP contribution in [0.15, 0.2) is 30.5 Å². The Morgan fingerprint density at radius 3 is 2.68 bits per heavy atom. The van der Waals surface area contributed by atoms with Gasteiger partial charge in [-0.25, -0.2) is 13.8 Å². The molecule has 0 amide bonds. The van der Waals surface area contributed by atoms with Crippen molar-refractivity contribution in [2.24, 2.45) is 5.73 Å². The highest BCUT2D eigenvalue weighted by atomic mass is 19.1. The highest BCUT2D eigenvalue weighted by Gasteiger charge is 2.41. The van der Waals surface area contributed by atoms with Gasteiger partial charge in [0.2, 0.25) is 0 Å². The molecule has 1 aromatic carbocycles. The number of hydrogen-bond donors (Lipinski definition) is 4. The maximum atomic E-state index is 14.8. The number of carbonyl (C=O) groups excluding carboxylic acids is 1. The number of nitrogens with zero attached hydrogens (tertiary/aromatic N) is 2. The number of aliphatic hydroxyl groups is 2. The molecule has 28 heavy (non-hydrogen) atoms. The van der Waals surface area contributed by atoms with Crippen LogP contribution in [0.25, 0.3) is 11.1 Å². The van der Waals surface area contributed by atoms with Crippen molar-refractivity contribution >= 4 is 17.6 Å². The molecule has 1 saturated heterocycles. The van der Waals surface area contributed by atoms with Crippen LogP contribution in [0, 0.1) is 17.0 Å². The predicted octanol–water partition coefficient (Wildman–Crippen LogP) is 0.897. The molecule has 1 aliphatic heterocycles. The Morgan fingerprint density at radius 2 is 2.07 bits per heavy atom. The van der Waals surface area contributed by atoms with Crippen molar-refractivity contribution in [3.63, 3.8) is 0 Å². The van der Waals surface area contributed by atoms with Crippen molar-refractivity contribution in [2.45, 2.75) is 18.8 Å². The Balaban J connectivity index is 1.77. The number of anilines is 1. The van der Waals surface area contributed by atoms with Crippen molar-refractivity contribution in [2.75, 3.05) is 18.0 Å². The highest BCUT2D eigenvalue weighted by Crippen LogP contribution is 2.31. The third kappa shape index (κ3) is 4.24. The number of aromatic nitrogens is 1. The number of nitrogens with one attached hydrogen (secondary N) is 1. The monoisotopic (exact) mass is 392 g/mol. The van der Waals surface area contributed by atoms with Gasteiger partial charge in [0.25, 0.3) is 0 Å². The summed E-state index contributed by atoms with van der Waals surface area (Å²) in [6.07, 6.45) is 0.883. The zero-order valence-electron chi connectivity index (χ0n) is 14.7. The van der Waals surface area contributed by atoms with Crippen molar-refractivity contribution in [1.82, 2.24) is 4.98 Å². The second-order valence-electron chi connectivity index (χ2n) is 6.51. The lowest BCUT2D eigenvalue weighted by Gasteiger charge is -2.43. The molecule has 0 aliphatic carbocycles. The SMILES string of the molecule is N=C(N)CC(=O)OCc1cccc(-c2cnc(N3CC(O)(O)C3)c(F)c2)c1F. The van der Waals surface area contributed by atoms with E-state index >= 15 is 0 Å². The number of ether oxygens (including phenoxy) is 1. The van der Waals surface area contributed by atoms with Crippen LogP contribution in [-0.4, -0.2) is 45.9 Å². The Bertz CT molecular complexity index is 928. The van der Waals surface area contributed by atoms with E-state index in [1.54, 1.807) is 0 Å². The Labute approximate surface area is 158 Å². The van der Waals surface area contributed by atoms with Crippen LogP contribution in [0.5, 0.6) is 0 Å². The van der Waals surface area contributed by atoms with E-state index < -0.39 is 29.8 Å². The fourth-order valence-corrected chi connectivity index (χ4v) is 2.80. The van der Waals surface area contributed by atoms with Crippen LogP contribution < -0.4 is 10.6 Å². The van der Waals surface area contributed by atoms with Gasteiger partial charge in [0.1, 0.15) is 24.7 Å². The molecule has 2 aromatic rings. The number of hydrogen-bond acceptors (Lipinski definition) is 7. The van der Waals surface area contributed by atoms with Gasteiger partial charge < -0.3 is 25.6 Å². The average molecular weight is 392 g/mol. The van der Waals surface area contributed by atoms with E-state index in [4.69, 9.17) is 15.9 Å². The van der Waals surface area contributed by atoms with Gasteiger partial charge in [-0.05, 0) is 6.07 Å². The number of halogens is 2. The molecule has 1 fully saturated rings. The summed E-state index contributed by atoms with van der Waals surface area (Å²) < 4.78 is 34.0. The molecular formula is C18H18F2N4O4. The van der Waals surface area contributed by atoms with Crippen LogP contribution in [0.2, 0.25) is 0 Å². The number of esters is 1. The van der Waals surface area contributed by atoms with Crippen molar-refractivity contribution in [1.29, 1.82) is 5.41 Å². The summed E-state index contributed by atoms with van der Waals surface area (Å²) in [7, 11) is 0. The van der Waals surface area contributed by atoms with Crippen LogP contribution >= 0.6 is 0 Å². The van der Waals surface area contributed by atoms with Crippen molar-refractivity contribution < 1.29 is 28.5 Å². The number of nitrogens with two attached hydrogens (primary N) is 1. The lowest BCUT2D eigenvalue weighted by molar-refractivity contribution is -0.176. The molecule has 0 saturated carbocycles. The molecule has 0 atom stereocenters. The molecule has 10 heteroatoms. The van der Waals surface area contributed by atoms with E-state index in [-0.39, 0.29) is 48.0 Å². The van der Waals surface area contributed by atoms with Crippen LogP contribution in [0.1, 0.15) is 12.0 Å². The number of amidine groups is 1. The van der Waals surface area contributed by atoms with Gasteiger partial charge in [0.05, 0.1) is 13.1 Å². The molecule has 2 heterocycles. The first-order valence-electron chi connectivity index (χ1n) is 8.28. The molecular weight excluding hydrogens is 374 g/mol. The summed E-state index contributed by atoms with van der Waals surface area (Å²) in [4.78, 5) is 16.8. The maximum Gasteiger partial charge on any atom is 0.313 e. The zero-order chi connectivity index (χ0) is 20.5. The lowest BCUT2D eigenvalue weighted by Crippen LogP contribution is -2.62. The highest BCUT2D eigenvalue weighted by molar-refractivity contribution is 5.94. The molecule has 0 radical (unpaired) electrons. The molecule has 0 unspecified atom stereocenters. The first-order chi connectivity index (χ1) is 13.2. The predicted molar refractivity (Wildman–Crippen MR) is 95.3 cm³/mol. The number of benzene rings is 1. The summed E-state index contributed by atoms with van der Waals surface area (Å²) in [6.45, 7) is -0.708. The first kappa shape index (κ1) is 19.6. The quantitative estimate of drug-likeness (QED) is 0.248. The third-order valence-electron chi connectivity index (χ3n) is 4.12. The van der Waals surface area contributed by atoms with E-state index in [0.29, 0.717) is 0 Å². The molecule has 1 aromatic heterocycles. The Morgan fingerprint density at radius 1 is 1.36 bits per heavy atom. The summed E-state index contributed by atoms with van der Waals surface area (Å²) in [5, 5.41) is 25.7. The minimum Gasteiger partial charge on any atom is -0.460 e. The van der Waals surface area contributed by atoms with E-state index in [2.05, 4.69) is 4.98 Å². The van der Waals surface area contributed by atoms with Gasteiger partial charge in [0.15, 0.2) is 17.4 Å². The topological polar surface area (TPSA) is 133 Å². The smallest absolute Gasteiger partial charge is 0.313 e. The summed E-state index contributed by atoms with van der Waals surface area (Å²) in [5.74, 6) is -4.47.